The van der Waals surface area contributed by atoms with Crippen molar-refractivity contribution in [2.24, 2.45) is 5.10 Å². The first kappa shape index (κ1) is 27.5. The monoisotopic (exact) mass is 569 g/mol. The number of hydrogen-bond donors (Lipinski definition) is 2. The van der Waals surface area contributed by atoms with Crippen LogP contribution in [0.25, 0.3) is 0 Å². The van der Waals surface area contributed by atoms with Crippen molar-refractivity contribution in [1.82, 2.24) is 10.7 Å². The number of halogens is 1. The van der Waals surface area contributed by atoms with E-state index in [0.717, 1.165) is 10.0 Å². The molecule has 0 unspecified atom stereocenters. The first-order valence-electron chi connectivity index (χ1n) is 11.4. The Morgan fingerprint density at radius 3 is 2.32 bits per heavy atom. The predicted molar refractivity (Wildman–Crippen MR) is 144 cm³/mol. The van der Waals surface area contributed by atoms with Gasteiger partial charge in [0.1, 0.15) is 6.61 Å². The van der Waals surface area contributed by atoms with Gasteiger partial charge < -0.3 is 24.3 Å². The van der Waals surface area contributed by atoms with Gasteiger partial charge in [-0.2, -0.15) is 5.10 Å². The lowest BCUT2D eigenvalue weighted by Gasteiger charge is -2.12. The van der Waals surface area contributed by atoms with Crippen LogP contribution in [0, 0.1) is 0 Å². The third-order valence-electron chi connectivity index (χ3n) is 5.03. The summed E-state index contributed by atoms with van der Waals surface area (Å²) in [4.78, 5) is 24.5. The molecule has 3 aromatic rings. The van der Waals surface area contributed by atoms with Crippen LogP contribution in [0.5, 0.6) is 23.0 Å². The second-order valence-corrected chi connectivity index (χ2v) is 8.52. The molecule has 10 heteroatoms. The molecular formula is C27H28BrN3O6. The average molecular weight is 570 g/mol. The average Bonchev–Trinajstić information content (AvgIpc) is 2.92. The Hall–Kier alpha value is -4.05. The number of hydrazone groups is 1. The molecule has 9 nitrogen and oxygen atoms in total. The first-order chi connectivity index (χ1) is 17.9. The predicted octanol–water partition coefficient (Wildman–Crippen LogP) is 4.32. The van der Waals surface area contributed by atoms with Crippen LogP contribution < -0.4 is 29.7 Å². The lowest BCUT2D eigenvalue weighted by molar-refractivity contribution is -0.120. The molecule has 194 valence electrons. The van der Waals surface area contributed by atoms with Crippen LogP contribution in [-0.4, -0.2) is 45.4 Å². The van der Waals surface area contributed by atoms with E-state index in [1.807, 2.05) is 31.2 Å². The van der Waals surface area contributed by atoms with Crippen molar-refractivity contribution >= 4 is 34.0 Å². The van der Waals surface area contributed by atoms with E-state index in [9.17, 15) is 9.59 Å². The molecule has 3 aromatic carbocycles. The third kappa shape index (κ3) is 8.25. The maximum absolute atomic E-state index is 12.3. The Kier molecular flexibility index (Phi) is 10.3. The highest BCUT2D eigenvalue weighted by atomic mass is 79.9. The number of nitrogens with one attached hydrogen (secondary N) is 2. The van der Waals surface area contributed by atoms with Crippen LogP contribution in [-0.2, 0) is 11.4 Å². The van der Waals surface area contributed by atoms with E-state index in [4.69, 9.17) is 18.9 Å². The number of rotatable bonds is 12. The van der Waals surface area contributed by atoms with Gasteiger partial charge in [-0.3, -0.25) is 9.59 Å². The molecule has 0 aliphatic carbocycles. The van der Waals surface area contributed by atoms with Crippen LogP contribution >= 0.6 is 15.9 Å². The van der Waals surface area contributed by atoms with Crippen LogP contribution in [0.1, 0.15) is 28.4 Å². The SMILES string of the molecule is CCOc1cc(/C=N/NC(=O)CNC(=O)c2ccc(OC)c(OC)c2)ccc1OCc1ccc(Br)cc1. The Labute approximate surface area is 223 Å². The summed E-state index contributed by atoms with van der Waals surface area (Å²) in [6, 6.07) is 18.0. The van der Waals surface area contributed by atoms with Crippen molar-refractivity contribution in [1.29, 1.82) is 0 Å². The van der Waals surface area contributed by atoms with Gasteiger partial charge in [-0.25, -0.2) is 5.43 Å². The fourth-order valence-electron chi connectivity index (χ4n) is 3.19. The minimum absolute atomic E-state index is 0.252. The largest absolute Gasteiger partial charge is 0.493 e. The second kappa shape index (κ2) is 13.9. The second-order valence-electron chi connectivity index (χ2n) is 7.60. The Bertz CT molecular complexity index is 1250. The quantitative estimate of drug-likeness (QED) is 0.248. The molecule has 2 N–H and O–H groups in total. The van der Waals surface area contributed by atoms with Gasteiger partial charge in [-0.15, -0.1) is 0 Å². The van der Waals surface area contributed by atoms with Gasteiger partial charge in [-0.05, 0) is 66.6 Å². The molecule has 0 saturated carbocycles. The lowest BCUT2D eigenvalue weighted by Crippen LogP contribution is -2.34. The minimum atomic E-state index is -0.482. The van der Waals surface area contributed by atoms with E-state index in [2.05, 4.69) is 31.8 Å². The zero-order valence-electron chi connectivity index (χ0n) is 20.7. The molecule has 0 radical (unpaired) electrons. The summed E-state index contributed by atoms with van der Waals surface area (Å²) in [5, 5.41) is 6.50. The van der Waals surface area contributed by atoms with Gasteiger partial charge in [0.25, 0.3) is 11.8 Å². The van der Waals surface area contributed by atoms with E-state index in [-0.39, 0.29) is 6.54 Å². The third-order valence-corrected chi connectivity index (χ3v) is 5.56. The number of carbonyl (C=O) groups excluding carboxylic acids is 2. The number of amides is 2. The van der Waals surface area contributed by atoms with Crippen LogP contribution in [0.3, 0.4) is 0 Å². The van der Waals surface area contributed by atoms with E-state index >= 15 is 0 Å². The van der Waals surface area contributed by atoms with Gasteiger partial charge in [0.15, 0.2) is 23.0 Å². The van der Waals surface area contributed by atoms with Crippen LogP contribution in [0.4, 0.5) is 0 Å². The molecule has 0 bridgehead atoms. The maximum Gasteiger partial charge on any atom is 0.259 e. The summed E-state index contributed by atoms with van der Waals surface area (Å²) in [6.45, 7) is 2.49. The van der Waals surface area contributed by atoms with E-state index in [1.54, 1.807) is 30.3 Å². The van der Waals surface area contributed by atoms with E-state index < -0.39 is 11.8 Å². The molecule has 2 amide bonds. The van der Waals surface area contributed by atoms with Crippen LogP contribution in [0.15, 0.2) is 70.2 Å². The standard InChI is InChI=1S/C27H28BrN3O6/c1-4-36-25-13-19(7-11-23(25)37-17-18-5-9-21(28)10-6-18)15-30-31-26(32)16-29-27(33)20-8-12-22(34-2)24(14-20)35-3/h5-15H,4,16-17H2,1-3H3,(H,29,33)(H,31,32)/b30-15+. The van der Waals surface area contributed by atoms with Crippen molar-refractivity contribution in [2.75, 3.05) is 27.4 Å². The number of hydrogen-bond acceptors (Lipinski definition) is 7. The molecule has 3 rings (SSSR count). The van der Waals surface area contributed by atoms with Gasteiger partial charge >= 0.3 is 0 Å². The Morgan fingerprint density at radius 2 is 1.62 bits per heavy atom. The van der Waals surface area contributed by atoms with Crippen molar-refractivity contribution < 1.29 is 28.5 Å². The zero-order chi connectivity index (χ0) is 26.6. The number of benzene rings is 3. The number of carbonyl (C=O) groups is 2. The summed E-state index contributed by atoms with van der Waals surface area (Å²) < 4.78 is 23.0. The topological polar surface area (TPSA) is 107 Å². The smallest absolute Gasteiger partial charge is 0.259 e. The maximum atomic E-state index is 12.3. The highest BCUT2D eigenvalue weighted by molar-refractivity contribution is 9.10. The first-order valence-corrected chi connectivity index (χ1v) is 12.2. The van der Waals surface area contributed by atoms with Gasteiger partial charge in [-0.1, -0.05) is 28.1 Å². The molecule has 0 aromatic heterocycles. The van der Waals surface area contributed by atoms with Crippen molar-refractivity contribution in [3.63, 3.8) is 0 Å². The normalized spacial score (nSPS) is 10.6. The molecule has 0 saturated heterocycles. The van der Waals surface area contributed by atoms with Crippen molar-refractivity contribution in [2.45, 2.75) is 13.5 Å². The highest BCUT2D eigenvalue weighted by Crippen LogP contribution is 2.29. The summed E-state index contributed by atoms with van der Waals surface area (Å²) in [7, 11) is 2.99. The zero-order valence-corrected chi connectivity index (χ0v) is 22.3. The molecule has 37 heavy (non-hydrogen) atoms. The Morgan fingerprint density at radius 1 is 0.892 bits per heavy atom. The Balaban J connectivity index is 1.53. The van der Waals surface area contributed by atoms with Crippen LogP contribution in [0.2, 0.25) is 0 Å². The summed E-state index contributed by atoms with van der Waals surface area (Å²) in [6.07, 6.45) is 1.48. The molecule has 0 aliphatic rings. The molecule has 0 aliphatic heterocycles. The van der Waals surface area contributed by atoms with E-state index in [1.165, 1.54) is 26.5 Å². The minimum Gasteiger partial charge on any atom is -0.493 e. The molecule has 0 atom stereocenters. The highest BCUT2D eigenvalue weighted by Gasteiger charge is 2.12. The fraction of sp³-hybridized carbons (Fsp3) is 0.222. The molecule has 0 spiro atoms. The molecular weight excluding hydrogens is 542 g/mol. The molecule has 0 fully saturated rings. The van der Waals surface area contributed by atoms with Crippen molar-refractivity contribution in [3.8, 4) is 23.0 Å². The van der Waals surface area contributed by atoms with Crippen molar-refractivity contribution in [3.05, 3.63) is 81.8 Å². The van der Waals surface area contributed by atoms with Gasteiger partial charge in [0, 0.05) is 10.0 Å². The number of methoxy groups -OCH3 is 2. The summed E-state index contributed by atoms with van der Waals surface area (Å²) in [5.41, 5.74) is 4.45. The number of nitrogens with zero attached hydrogens (tertiary/aromatic N) is 1. The van der Waals surface area contributed by atoms with Gasteiger partial charge in [0.2, 0.25) is 0 Å². The van der Waals surface area contributed by atoms with Gasteiger partial charge in [0.05, 0.1) is 33.6 Å². The summed E-state index contributed by atoms with van der Waals surface area (Å²) in [5.74, 6) is 1.17. The number of ether oxygens (including phenoxy) is 4. The lowest BCUT2D eigenvalue weighted by atomic mass is 10.2. The fourth-order valence-corrected chi connectivity index (χ4v) is 3.46. The van der Waals surface area contributed by atoms with E-state index in [0.29, 0.717) is 47.3 Å². The summed E-state index contributed by atoms with van der Waals surface area (Å²) >= 11 is 3.42. The molecule has 0 heterocycles.